The third kappa shape index (κ3) is 3.53. The molecule has 1 spiro atoms. The summed E-state index contributed by atoms with van der Waals surface area (Å²) in [5.74, 6) is 0.884. The number of carbonyl (C=O) groups excluding carboxylic acids is 1. The van der Waals surface area contributed by atoms with Crippen molar-refractivity contribution >= 4 is 5.91 Å². The topological polar surface area (TPSA) is 32.3 Å². The van der Waals surface area contributed by atoms with Crippen LogP contribution in [0.25, 0.3) is 0 Å². The zero-order valence-corrected chi connectivity index (χ0v) is 17.4. The third-order valence-corrected chi connectivity index (χ3v) is 7.63. The van der Waals surface area contributed by atoms with E-state index in [1.54, 1.807) is 0 Å². The molecule has 1 saturated carbocycles. The molecule has 1 unspecified atom stereocenters. The van der Waals surface area contributed by atoms with Crippen LogP contribution in [0.3, 0.4) is 0 Å². The zero-order valence-electron chi connectivity index (χ0n) is 16.7. The number of hydrogen-bond donors (Lipinski definition) is 1. The summed E-state index contributed by atoms with van der Waals surface area (Å²) < 4.78 is 0. The molecular formula is C23H34ClN2O-. The van der Waals surface area contributed by atoms with E-state index < -0.39 is 0 Å². The molecule has 3 nitrogen and oxygen atoms in total. The van der Waals surface area contributed by atoms with Gasteiger partial charge in [-0.3, -0.25) is 9.69 Å². The third-order valence-electron chi connectivity index (χ3n) is 7.63. The predicted molar refractivity (Wildman–Crippen MR) is 106 cm³/mol. The number of nitrogens with one attached hydrogen (secondary N) is 1. The van der Waals surface area contributed by atoms with Crippen LogP contribution in [-0.4, -0.2) is 30.4 Å². The monoisotopic (exact) mass is 389 g/mol. The van der Waals surface area contributed by atoms with Crippen molar-refractivity contribution < 1.29 is 17.2 Å². The van der Waals surface area contributed by atoms with Gasteiger partial charge in [-0.15, -0.1) is 0 Å². The number of nitrogens with zero attached hydrogens (tertiary/aromatic N) is 1. The van der Waals surface area contributed by atoms with Gasteiger partial charge in [-0.1, -0.05) is 62.9 Å². The molecule has 0 aromatic heterocycles. The summed E-state index contributed by atoms with van der Waals surface area (Å²) in [6.45, 7) is 5.29. The molecule has 4 rings (SSSR count). The first-order valence-electron chi connectivity index (χ1n) is 10.8. The fourth-order valence-corrected chi connectivity index (χ4v) is 6.14. The lowest BCUT2D eigenvalue weighted by molar-refractivity contribution is -0.134. The minimum Gasteiger partial charge on any atom is -1.00 e. The van der Waals surface area contributed by atoms with Crippen LogP contribution in [0.1, 0.15) is 70.3 Å². The normalized spacial score (nSPS) is 27.1. The summed E-state index contributed by atoms with van der Waals surface area (Å²) >= 11 is 0. The van der Waals surface area contributed by atoms with Gasteiger partial charge in [0.2, 0.25) is 5.91 Å². The summed E-state index contributed by atoms with van der Waals surface area (Å²) in [5.41, 5.74) is 1.62. The van der Waals surface area contributed by atoms with Crippen LogP contribution < -0.4 is 17.7 Å². The Morgan fingerprint density at radius 3 is 2.33 bits per heavy atom. The second-order valence-electron chi connectivity index (χ2n) is 8.80. The van der Waals surface area contributed by atoms with Crippen molar-refractivity contribution in [3.8, 4) is 0 Å². The Labute approximate surface area is 170 Å². The van der Waals surface area contributed by atoms with Crippen molar-refractivity contribution in [2.24, 2.45) is 11.3 Å². The van der Waals surface area contributed by atoms with Gasteiger partial charge in [0.05, 0.1) is 5.41 Å². The van der Waals surface area contributed by atoms with Crippen molar-refractivity contribution in [1.29, 1.82) is 0 Å². The summed E-state index contributed by atoms with van der Waals surface area (Å²) in [4.78, 5) is 15.5. The Hall–Kier alpha value is -1.06. The molecule has 0 bridgehead atoms. The highest BCUT2D eigenvalue weighted by Crippen LogP contribution is 2.49. The van der Waals surface area contributed by atoms with E-state index in [2.05, 4.69) is 47.5 Å². The lowest BCUT2D eigenvalue weighted by Crippen LogP contribution is -3.00. The molecule has 1 aliphatic carbocycles. The second kappa shape index (κ2) is 8.53. The van der Waals surface area contributed by atoms with Crippen LogP contribution >= 0.6 is 0 Å². The molecule has 0 radical (unpaired) electrons. The highest BCUT2D eigenvalue weighted by molar-refractivity contribution is 5.85. The van der Waals surface area contributed by atoms with Gasteiger partial charge in [0.25, 0.3) is 0 Å². The van der Waals surface area contributed by atoms with Crippen molar-refractivity contribution in [1.82, 2.24) is 10.2 Å². The summed E-state index contributed by atoms with van der Waals surface area (Å²) in [6.07, 6.45) is 11.0. The first-order valence-corrected chi connectivity index (χ1v) is 10.8. The summed E-state index contributed by atoms with van der Waals surface area (Å²) in [5, 5.41) is 3.19. The molecule has 4 heteroatoms. The molecule has 27 heavy (non-hydrogen) atoms. The van der Waals surface area contributed by atoms with E-state index in [1.165, 1.54) is 50.5 Å². The maximum atomic E-state index is 12.7. The van der Waals surface area contributed by atoms with Crippen LogP contribution in [0.15, 0.2) is 30.3 Å². The number of carbonyl (C=O) groups is 1. The fraction of sp³-hybridized carbons (Fsp3) is 0.696. The quantitative estimate of drug-likeness (QED) is 0.845. The van der Waals surface area contributed by atoms with Gasteiger partial charge in [0, 0.05) is 25.2 Å². The van der Waals surface area contributed by atoms with Crippen molar-refractivity contribution in [2.45, 2.75) is 70.3 Å². The largest absolute Gasteiger partial charge is 1.00 e. The maximum Gasteiger partial charge on any atom is 0.226 e. The number of rotatable bonds is 4. The van der Waals surface area contributed by atoms with Crippen LogP contribution in [-0.2, 0) is 10.3 Å². The highest BCUT2D eigenvalue weighted by Gasteiger charge is 2.53. The average Bonchev–Trinajstić information content (AvgIpc) is 2.99. The van der Waals surface area contributed by atoms with Crippen LogP contribution in [0.2, 0.25) is 0 Å². The number of halogens is 1. The Kier molecular flexibility index (Phi) is 6.53. The lowest BCUT2D eigenvalue weighted by Gasteiger charge is -2.52. The first-order chi connectivity index (χ1) is 12.7. The van der Waals surface area contributed by atoms with Crippen LogP contribution in [0.5, 0.6) is 0 Å². The van der Waals surface area contributed by atoms with Crippen LogP contribution in [0.4, 0.5) is 0 Å². The summed E-state index contributed by atoms with van der Waals surface area (Å²) in [7, 11) is 0. The molecule has 1 N–H and O–H groups in total. The smallest absolute Gasteiger partial charge is 0.226 e. The number of hydrogen-bond acceptors (Lipinski definition) is 2. The molecule has 2 heterocycles. The molecule has 1 atom stereocenters. The van der Waals surface area contributed by atoms with Crippen molar-refractivity contribution in [3.05, 3.63) is 35.9 Å². The molecule has 1 aromatic carbocycles. The number of amides is 1. The van der Waals surface area contributed by atoms with Gasteiger partial charge < -0.3 is 17.7 Å². The maximum absolute atomic E-state index is 12.7. The van der Waals surface area contributed by atoms with E-state index in [1.807, 2.05) is 0 Å². The predicted octanol–water partition coefficient (Wildman–Crippen LogP) is 1.48. The SMILES string of the molecule is CCCC1CNC(=O)C12CCN(C1(c3ccccc3)CCCCC1)CC2.[Cl-]. The second-order valence-corrected chi connectivity index (χ2v) is 8.80. The molecule has 2 saturated heterocycles. The van der Waals surface area contributed by atoms with E-state index in [0.717, 1.165) is 32.5 Å². The Balaban J connectivity index is 0.00000210. The molecule has 1 aromatic rings. The molecular weight excluding hydrogens is 356 g/mol. The minimum atomic E-state index is -0.0843. The Morgan fingerprint density at radius 2 is 1.70 bits per heavy atom. The van der Waals surface area contributed by atoms with Gasteiger partial charge in [0.1, 0.15) is 0 Å². The molecule has 3 aliphatic rings. The lowest BCUT2D eigenvalue weighted by atomic mass is 9.67. The zero-order chi connectivity index (χ0) is 18.0. The van der Waals surface area contributed by atoms with E-state index in [9.17, 15) is 4.79 Å². The van der Waals surface area contributed by atoms with Crippen LogP contribution in [0, 0.1) is 11.3 Å². The van der Waals surface area contributed by atoms with Gasteiger partial charge in [0.15, 0.2) is 0 Å². The number of likely N-dealkylation sites (tertiary alicyclic amines) is 1. The molecule has 2 aliphatic heterocycles. The minimum absolute atomic E-state index is 0. The highest BCUT2D eigenvalue weighted by atomic mass is 35.5. The van der Waals surface area contributed by atoms with E-state index in [0.29, 0.717) is 11.8 Å². The summed E-state index contributed by atoms with van der Waals surface area (Å²) in [6, 6.07) is 11.2. The molecule has 3 fully saturated rings. The van der Waals surface area contributed by atoms with Crippen molar-refractivity contribution in [2.75, 3.05) is 19.6 Å². The molecule has 150 valence electrons. The average molecular weight is 390 g/mol. The van der Waals surface area contributed by atoms with Gasteiger partial charge in [-0.05, 0) is 43.6 Å². The standard InChI is InChI=1S/C23H34N2O.ClH/c1-2-9-20-18-24-21(26)22(20)14-16-25(17-15-22)23(12-7-4-8-13-23)19-10-5-3-6-11-19;/h3,5-6,10-11,20H,2,4,7-9,12-18H2,1H3,(H,24,26);1H/p-1. The number of benzene rings is 1. The van der Waals surface area contributed by atoms with Gasteiger partial charge in [-0.25, -0.2) is 0 Å². The Morgan fingerprint density at radius 1 is 1.04 bits per heavy atom. The van der Waals surface area contributed by atoms with Gasteiger partial charge in [-0.2, -0.15) is 0 Å². The van der Waals surface area contributed by atoms with Crippen molar-refractivity contribution in [3.63, 3.8) is 0 Å². The van der Waals surface area contributed by atoms with Gasteiger partial charge >= 0.3 is 0 Å². The first kappa shape index (κ1) is 20.7. The van der Waals surface area contributed by atoms with E-state index >= 15 is 0 Å². The number of piperidine rings is 1. The molecule has 1 amide bonds. The fourth-order valence-electron chi connectivity index (χ4n) is 6.14. The van der Waals surface area contributed by atoms with E-state index in [-0.39, 0.29) is 23.4 Å². The Bertz CT molecular complexity index is 619. The van der Waals surface area contributed by atoms with E-state index in [4.69, 9.17) is 0 Å².